The highest BCUT2D eigenvalue weighted by Gasteiger charge is 2.17. The minimum Gasteiger partial charge on any atom is -0.218 e. The van der Waals surface area contributed by atoms with Crippen LogP contribution in [0.15, 0.2) is 58.9 Å². The maximum absolute atomic E-state index is 12.3. The van der Waals surface area contributed by atoms with Crippen LogP contribution < -0.4 is 0 Å². The van der Waals surface area contributed by atoms with E-state index >= 15 is 0 Å². The first-order valence-corrected chi connectivity index (χ1v) is 7.41. The van der Waals surface area contributed by atoms with Gasteiger partial charge in [-0.3, -0.25) is 0 Å². The van der Waals surface area contributed by atoms with Crippen molar-refractivity contribution in [2.24, 2.45) is 5.41 Å². The van der Waals surface area contributed by atoms with Gasteiger partial charge in [0.1, 0.15) is 0 Å². The van der Waals surface area contributed by atoms with E-state index in [1.54, 1.807) is 30.3 Å². The highest BCUT2D eigenvalue weighted by atomic mass is 32.2. The molecule has 0 aromatic heterocycles. The minimum atomic E-state index is -3.53. The van der Waals surface area contributed by atoms with Crippen LogP contribution >= 0.6 is 0 Å². The Labute approximate surface area is 115 Å². The van der Waals surface area contributed by atoms with Crippen LogP contribution in [0.25, 0.3) is 0 Å². The van der Waals surface area contributed by atoms with E-state index in [-0.39, 0.29) is 15.2 Å². The van der Waals surface area contributed by atoms with Gasteiger partial charge >= 0.3 is 0 Å². The van der Waals surface area contributed by atoms with Gasteiger partial charge in [0, 0.05) is 11.5 Å². The molecule has 0 bridgehead atoms. The molecule has 3 heteroatoms. The summed E-state index contributed by atoms with van der Waals surface area (Å²) in [5.41, 5.74) is -0.167. The molecule has 0 N–H and O–H groups in total. The van der Waals surface area contributed by atoms with E-state index in [2.05, 4.69) is 18.4 Å². The fraction of sp³-hybridized carbons (Fsp3) is 0.250. The van der Waals surface area contributed by atoms with Crippen LogP contribution in [0.1, 0.15) is 20.8 Å². The van der Waals surface area contributed by atoms with Crippen LogP contribution in [-0.4, -0.2) is 8.42 Å². The van der Waals surface area contributed by atoms with Crippen molar-refractivity contribution < 1.29 is 8.42 Å². The van der Waals surface area contributed by atoms with Gasteiger partial charge < -0.3 is 0 Å². The number of benzene rings is 1. The lowest BCUT2D eigenvalue weighted by Crippen LogP contribution is -2.03. The number of hydrogen-bond acceptors (Lipinski definition) is 2. The predicted molar refractivity (Wildman–Crippen MR) is 79.1 cm³/mol. The molecule has 1 rings (SSSR count). The van der Waals surface area contributed by atoms with Gasteiger partial charge in [0.2, 0.25) is 9.84 Å². The molecule has 2 nitrogen and oxygen atoms in total. The van der Waals surface area contributed by atoms with Crippen molar-refractivity contribution in [2.75, 3.05) is 0 Å². The maximum Gasteiger partial charge on any atom is 0.207 e. The second kappa shape index (κ2) is 5.90. The number of sulfone groups is 1. The smallest absolute Gasteiger partial charge is 0.207 e. The zero-order valence-electron chi connectivity index (χ0n) is 11.5. The molecule has 1 aromatic carbocycles. The van der Waals surface area contributed by atoms with Gasteiger partial charge in [0.05, 0.1) is 9.80 Å². The number of hydrogen-bond donors (Lipinski definition) is 0. The van der Waals surface area contributed by atoms with Crippen LogP contribution in [0.2, 0.25) is 0 Å². The van der Waals surface area contributed by atoms with E-state index in [1.165, 1.54) is 12.2 Å². The normalized spacial score (nSPS) is 12.5. The van der Waals surface area contributed by atoms with Crippen molar-refractivity contribution in [1.82, 2.24) is 0 Å². The Hall–Kier alpha value is -1.79. The van der Waals surface area contributed by atoms with Crippen molar-refractivity contribution in [1.29, 1.82) is 0 Å². The first-order chi connectivity index (χ1) is 8.77. The third kappa shape index (κ3) is 4.42. The highest BCUT2D eigenvalue weighted by Crippen LogP contribution is 2.19. The molecular weight excluding hydrogens is 256 g/mol. The first kappa shape index (κ1) is 15.3. The highest BCUT2D eigenvalue weighted by molar-refractivity contribution is 7.95. The van der Waals surface area contributed by atoms with Crippen molar-refractivity contribution in [3.05, 3.63) is 54.0 Å². The minimum absolute atomic E-state index is 0.121. The van der Waals surface area contributed by atoms with E-state index in [4.69, 9.17) is 0 Å². The molecule has 0 unspecified atom stereocenters. The maximum atomic E-state index is 12.3. The Kier molecular flexibility index (Phi) is 4.74. The molecular formula is C16H18O2S. The molecule has 0 saturated heterocycles. The molecule has 0 heterocycles. The van der Waals surface area contributed by atoms with E-state index in [9.17, 15) is 8.42 Å². The molecule has 0 spiro atoms. The summed E-state index contributed by atoms with van der Waals surface area (Å²) in [4.78, 5) is 0.370. The lowest BCUT2D eigenvalue weighted by Gasteiger charge is -2.06. The summed E-state index contributed by atoms with van der Waals surface area (Å²) in [6, 6.07) is 8.27. The molecule has 0 amide bonds. The Morgan fingerprint density at radius 2 is 1.79 bits per heavy atom. The summed E-state index contributed by atoms with van der Waals surface area (Å²) in [5, 5.41) is 0. The summed E-state index contributed by atoms with van der Waals surface area (Å²) in [6.07, 6.45) is 2.72. The van der Waals surface area contributed by atoms with E-state index in [0.717, 1.165) is 0 Å². The molecule has 0 aliphatic rings. The molecule has 0 fully saturated rings. The van der Waals surface area contributed by atoms with Gasteiger partial charge in [0.15, 0.2) is 0 Å². The fourth-order valence-electron chi connectivity index (χ4n) is 1.31. The molecule has 100 valence electrons. The number of allylic oxidation sites excluding steroid dienone is 2. The Morgan fingerprint density at radius 1 is 1.21 bits per heavy atom. The molecule has 0 atom stereocenters. The lowest BCUT2D eigenvalue weighted by molar-refractivity contribution is 0.571. The van der Waals surface area contributed by atoms with Gasteiger partial charge in [-0.1, -0.05) is 36.6 Å². The second-order valence-corrected chi connectivity index (χ2v) is 7.04. The Bertz CT molecular complexity index is 633. The third-order valence-electron chi connectivity index (χ3n) is 2.23. The first-order valence-electron chi connectivity index (χ1n) is 5.93. The van der Waals surface area contributed by atoms with Crippen LogP contribution in [0, 0.1) is 17.3 Å². The quantitative estimate of drug-likeness (QED) is 0.623. The average molecular weight is 274 g/mol. The molecule has 0 aliphatic carbocycles. The fourth-order valence-corrected chi connectivity index (χ4v) is 2.53. The zero-order valence-corrected chi connectivity index (χ0v) is 12.3. The van der Waals surface area contributed by atoms with E-state index < -0.39 is 9.84 Å². The Balaban J connectivity index is 3.20. The Morgan fingerprint density at radius 3 is 2.26 bits per heavy atom. The predicted octanol–water partition coefficient (Wildman–Crippen LogP) is 3.58. The van der Waals surface area contributed by atoms with Crippen molar-refractivity contribution in [3.8, 4) is 11.8 Å². The van der Waals surface area contributed by atoms with Gasteiger partial charge in [-0.05, 0) is 39.0 Å². The topological polar surface area (TPSA) is 34.1 Å². The monoisotopic (exact) mass is 274 g/mol. The molecule has 19 heavy (non-hydrogen) atoms. The SMILES string of the molecule is C=C/C(=C\C#CC(C)(C)C)S(=O)(=O)c1ccccc1. The van der Waals surface area contributed by atoms with Gasteiger partial charge in [0.25, 0.3) is 0 Å². The zero-order chi connectivity index (χ0) is 14.5. The van der Waals surface area contributed by atoms with Crippen LogP contribution in [0.4, 0.5) is 0 Å². The van der Waals surface area contributed by atoms with Gasteiger partial charge in [-0.25, -0.2) is 8.42 Å². The van der Waals surface area contributed by atoms with E-state index in [1.807, 2.05) is 20.8 Å². The van der Waals surface area contributed by atoms with Gasteiger partial charge in [-0.2, -0.15) is 0 Å². The second-order valence-electron chi connectivity index (χ2n) is 5.09. The van der Waals surface area contributed by atoms with Crippen LogP contribution in [-0.2, 0) is 9.84 Å². The summed E-state index contributed by atoms with van der Waals surface area (Å²) in [7, 11) is -3.53. The van der Waals surface area contributed by atoms with Crippen LogP contribution in [0.3, 0.4) is 0 Å². The average Bonchev–Trinajstić information content (AvgIpc) is 2.34. The van der Waals surface area contributed by atoms with E-state index in [0.29, 0.717) is 0 Å². The van der Waals surface area contributed by atoms with Crippen molar-refractivity contribution in [3.63, 3.8) is 0 Å². The lowest BCUT2D eigenvalue weighted by atomic mass is 9.98. The largest absolute Gasteiger partial charge is 0.218 e. The molecule has 0 saturated carbocycles. The van der Waals surface area contributed by atoms with Crippen LogP contribution in [0.5, 0.6) is 0 Å². The summed E-state index contributed by atoms with van der Waals surface area (Å²) >= 11 is 0. The van der Waals surface area contributed by atoms with Crippen molar-refractivity contribution in [2.45, 2.75) is 25.7 Å². The van der Waals surface area contributed by atoms with Crippen molar-refractivity contribution >= 4 is 9.84 Å². The molecule has 0 aliphatic heterocycles. The standard InChI is InChI=1S/C16H18O2S/c1-5-14(12-9-13-16(2,3)4)19(17,18)15-10-7-6-8-11-15/h5-8,10-12H,1H2,2-4H3/b14-12+. The number of rotatable bonds is 3. The molecule has 0 radical (unpaired) electrons. The molecule has 1 aromatic rings. The van der Waals surface area contributed by atoms with Gasteiger partial charge in [-0.15, -0.1) is 0 Å². The summed E-state index contributed by atoms with van der Waals surface area (Å²) in [6.45, 7) is 9.45. The summed E-state index contributed by atoms with van der Waals surface area (Å²) < 4.78 is 24.6. The summed E-state index contributed by atoms with van der Waals surface area (Å²) in [5.74, 6) is 5.76. The third-order valence-corrected chi connectivity index (χ3v) is 4.02.